The Labute approximate surface area is 423 Å². The van der Waals surface area contributed by atoms with Crippen LogP contribution in [-0.2, 0) is 19.2 Å². The van der Waals surface area contributed by atoms with Crippen molar-refractivity contribution in [2.75, 3.05) is 0 Å². The van der Waals surface area contributed by atoms with E-state index in [1.807, 2.05) is 79.7 Å². The number of aryl methyl sites for hydroxylation is 8. The monoisotopic (exact) mass is 956 g/mol. The van der Waals surface area contributed by atoms with E-state index in [-0.39, 0.29) is 24.2 Å². The summed E-state index contributed by atoms with van der Waals surface area (Å²) in [5.74, 6) is -0.306. The Morgan fingerprint density at radius 3 is 0.958 bits per heavy atom. The molecule has 0 saturated heterocycles. The van der Waals surface area contributed by atoms with Gasteiger partial charge in [0.2, 0.25) is 0 Å². The van der Waals surface area contributed by atoms with E-state index >= 15 is 0 Å². The minimum atomic E-state index is -0.524. The molecule has 364 valence electrons. The van der Waals surface area contributed by atoms with Gasteiger partial charge in [0, 0.05) is 36.5 Å². The summed E-state index contributed by atoms with van der Waals surface area (Å²) < 4.78 is 22.5. The predicted molar refractivity (Wildman–Crippen MR) is 286 cm³/mol. The van der Waals surface area contributed by atoms with Gasteiger partial charge in [-0.2, -0.15) is 0 Å². The van der Waals surface area contributed by atoms with Crippen LogP contribution in [0.1, 0.15) is 103 Å². The van der Waals surface area contributed by atoms with E-state index in [4.69, 9.17) is 18.9 Å². The third-order valence-corrected chi connectivity index (χ3v) is 13.2. The van der Waals surface area contributed by atoms with Crippen molar-refractivity contribution in [3.05, 3.63) is 237 Å². The first kappa shape index (κ1) is 51.5. The molecule has 0 N–H and O–H groups in total. The van der Waals surface area contributed by atoms with Crippen LogP contribution in [0.2, 0.25) is 0 Å². The summed E-state index contributed by atoms with van der Waals surface area (Å²) >= 11 is 0. The summed E-state index contributed by atoms with van der Waals surface area (Å²) in [7, 11) is 0. The molecule has 7 aromatic carbocycles. The van der Waals surface area contributed by atoms with Crippen LogP contribution < -0.4 is 18.9 Å². The Balaban J connectivity index is 1.25. The van der Waals surface area contributed by atoms with Gasteiger partial charge in [0.05, 0.1) is 0 Å². The molecule has 0 spiro atoms. The molecule has 0 amide bonds. The van der Waals surface area contributed by atoms with Gasteiger partial charge in [0.15, 0.2) is 0 Å². The molecule has 0 fully saturated rings. The Morgan fingerprint density at radius 1 is 0.389 bits per heavy atom. The van der Waals surface area contributed by atoms with Crippen LogP contribution in [0.4, 0.5) is 0 Å². The first-order chi connectivity index (χ1) is 34.4. The highest BCUT2D eigenvalue weighted by Gasteiger charge is 2.26. The van der Waals surface area contributed by atoms with E-state index in [9.17, 15) is 19.2 Å². The lowest BCUT2D eigenvalue weighted by Gasteiger charge is -2.25. The highest BCUT2D eigenvalue weighted by molar-refractivity contribution is 5.85. The summed E-state index contributed by atoms with van der Waals surface area (Å²) in [5.41, 5.74) is 17.6. The summed E-state index contributed by atoms with van der Waals surface area (Å²) in [4.78, 5) is 49.0. The Hall–Kier alpha value is -8.36. The smallest absolute Gasteiger partial charge is 0.335 e. The number of carbonyl (C=O) groups excluding carboxylic acids is 4. The molecule has 0 aromatic heterocycles. The quantitative estimate of drug-likeness (QED) is 0.0408. The van der Waals surface area contributed by atoms with Gasteiger partial charge >= 0.3 is 23.9 Å². The standard InChI is InChI=1S/C64H60O8/c1-13-59(65)69-55-32-37(5)51(28-41(55)9)63(52-29-42(10)56(33-38(52)6)70-60(66)14-2)47-24-20-45(21-25-47)49-18-17-19-50(36-49)46-22-26-48(27-23-46)64(53-30-43(11)57(34-39(53)7)71-61(67)15-3)54-31-44(12)58(35-40(54)8)72-62(68)16-4/h13-15,17-36,63-64H,1-3,16H2,4-12H3. The third kappa shape index (κ3) is 11.3. The van der Waals surface area contributed by atoms with Crippen molar-refractivity contribution in [1.82, 2.24) is 0 Å². The van der Waals surface area contributed by atoms with Crippen molar-refractivity contribution in [3.63, 3.8) is 0 Å². The Morgan fingerprint density at radius 2 is 0.681 bits per heavy atom. The lowest BCUT2D eigenvalue weighted by atomic mass is 9.79. The van der Waals surface area contributed by atoms with Crippen molar-refractivity contribution >= 4 is 23.9 Å². The summed E-state index contributed by atoms with van der Waals surface area (Å²) in [6.45, 7) is 28.3. The molecule has 72 heavy (non-hydrogen) atoms. The van der Waals surface area contributed by atoms with Crippen molar-refractivity contribution < 1.29 is 38.1 Å². The maximum Gasteiger partial charge on any atom is 0.335 e. The zero-order valence-electron chi connectivity index (χ0n) is 42.5. The third-order valence-electron chi connectivity index (χ3n) is 13.2. The van der Waals surface area contributed by atoms with Crippen molar-refractivity contribution in [3.8, 4) is 45.3 Å². The number of hydrogen-bond acceptors (Lipinski definition) is 8. The average Bonchev–Trinajstić information content (AvgIpc) is 3.37. The fourth-order valence-corrected chi connectivity index (χ4v) is 9.24. The van der Waals surface area contributed by atoms with Crippen LogP contribution in [0.3, 0.4) is 0 Å². The van der Waals surface area contributed by atoms with Gasteiger partial charge in [-0.3, -0.25) is 4.79 Å². The van der Waals surface area contributed by atoms with Crippen LogP contribution in [0.15, 0.2) is 159 Å². The zero-order chi connectivity index (χ0) is 52.0. The van der Waals surface area contributed by atoms with Crippen LogP contribution in [0.5, 0.6) is 23.0 Å². The Kier molecular flexibility index (Phi) is 15.8. The topological polar surface area (TPSA) is 105 Å². The van der Waals surface area contributed by atoms with Crippen LogP contribution in [-0.4, -0.2) is 23.9 Å². The SMILES string of the molecule is C=CC(=O)Oc1cc(C)c(C(c2ccc(-c3cccc(-c4ccc(C(c5cc(C)c(OC(=O)C=C)cc5C)c5cc(C)c(OC(=O)CC)cc5C)cc4)c3)cc2)c2cc(C)c(OC(=O)C=C)cc2C)cc1C. The number of ether oxygens (including phenoxy) is 4. The van der Waals surface area contributed by atoms with Crippen molar-refractivity contribution in [2.45, 2.75) is 80.6 Å². The summed E-state index contributed by atoms with van der Waals surface area (Å²) in [5, 5.41) is 0. The molecule has 0 aliphatic rings. The lowest BCUT2D eigenvalue weighted by molar-refractivity contribution is -0.134. The van der Waals surface area contributed by atoms with Gasteiger partial charge in [-0.1, -0.05) is 118 Å². The number of rotatable bonds is 16. The Bertz CT molecular complexity index is 3200. The molecule has 0 radical (unpaired) electrons. The summed E-state index contributed by atoms with van der Waals surface area (Å²) in [6, 6.07) is 41.7. The molecular formula is C64H60O8. The summed E-state index contributed by atoms with van der Waals surface area (Å²) in [6.07, 6.45) is 3.73. The molecule has 7 rings (SSSR count). The van der Waals surface area contributed by atoms with Crippen molar-refractivity contribution in [2.24, 2.45) is 0 Å². The first-order valence-corrected chi connectivity index (χ1v) is 23.9. The van der Waals surface area contributed by atoms with Gasteiger partial charge in [0.1, 0.15) is 23.0 Å². The van der Waals surface area contributed by atoms with Gasteiger partial charge in [-0.15, -0.1) is 0 Å². The highest BCUT2D eigenvalue weighted by atomic mass is 16.5. The second-order valence-corrected chi connectivity index (χ2v) is 18.3. The minimum Gasteiger partial charge on any atom is -0.426 e. The van der Waals surface area contributed by atoms with Gasteiger partial charge < -0.3 is 18.9 Å². The number of carbonyl (C=O) groups is 4. The maximum atomic E-state index is 12.3. The molecule has 0 heterocycles. The molecular weight excluding hydrogens is 897 g/mol. The van der Waals surface area contributed by atoms with Gasteiger partial charge in [0.25, 0.3) is 0 Å². The van der Waals surface area contributed by atoms with Crippen molar-refractivity contribution in [1.29, 1.82) is 0 Å². The van der Waals surface area contributed by atoms with Crippen LogP contribution in [0.25, 0.3) is 22.3 Å². The lowest BCUT2D eigenvalue weighted by Crippen LogP contribution is -2.11. The van der Waals surface area contributed by atoms with E-state index in [1.165, 1.54) is 0 Å². The molecule has 0 aliphatic heterocycles. The molecule has 0 aliphatic carbocycles. The van der Waals surface area contributed by atoms with E-state index in [0.717, 1.165) is 118 Å². The second kappa shape index (κ2) is 22.2. The minimum absolute atomic E-state index is 0.203. The molecule has 1 atom stereocenters. The number of esters is 4. The van der Waals surface area contributed by atoms with E-state index < -0.39 is 17.9 Å². The van der Waals surface area contributed by atoms with E-state index in [1.54, 1.807) is 6.92 Å². The highest BCUT2D eigenvalue weighted by Crippen LogP contribution is 2.43. The average molecular weight is 957 g/mol. The number of benzene rings is 7. The van der Waals surface area contributed by atoms with Crippen LogP contribution >= 0.6 is 0 Å². The second-order valence-electron chi connectivity index (χ2n) is 18.3. The van der Waals surface area contributed by atoms with Gasteiger partial charge in [-0.25, -0.2) is 14.4 Å². The van der Waals surface area contributed by atoms with E-state index in [2.05, 4.69) is 117 Å². The molecule has 0 bridgehead atoms. The molecule has 8 nitrogen and oxygen atoms in total. The molecule has 0 saturated carbocycles. The number of hydrogen-bond donors (Lipinski definition) is 0. The van der Waals surface area contributed by atoms with Crippen LogP contribution in [0, 0.1) is 55.4 Å². The predicted octanol–water partition coefficient (Wildman–Crippen LogP) is 14.4. The fourth-order valence-electron chi connectivity index (χ4n) is 9.24. The first-order valence-electron chi connectivity index (χ1n) is 23.9. The molecule has 8 heteroatoms. The van der Waals surface area contributed by atoms with E-state index in [0.29, 0.717) is 23.0 Å². The molecule has 1 unspecified atom stereocenters. The normalized spacial score (nSPS) is 11.4. The largest absolute Gasteiger partial charge is 0.426 e. The van der Waals surface area contributed by atoms with Gasteiger partial charge in [-0.05, 0) is 186 Å². The molecule has 7 aromatic rings. The zero-order valence-corrected chi connectivity index (χ0v) is 42.5. The fraction of sp³-hybridized carbons (Fsp3) is 0.188. The maximum absolute atomic E-state index is 12.3.